The van der Waals surface area contributed by atoms with Crippen molar-refractivity contribution in [2.75, 3.05) is 31.6 Å². The predicted octanol–water partition coefficient (Wildman–Crippen LogP) is 4.00. The zero-order valence-corrected chi connectivity index (χ0v) is 17.7. The molecule has 2 aromatic heterocycles. The fraction of sp³-hybridized carbons (Fsp3) is 0.364. The number of carbonyl (C=O) groups is 1. The van der Waals surface area contributed by atoms with Crippen LogP contribution in [0.4, 0.5) is 5.69 Å². The number of thiazole rings is 1. The Morgan fingerprint density at radius 3 is 2.90 bits per heavy atom. The van der Waals surface area contributed by atoms with Gasteiger partial charge in [-0.25, -0.2) is 4.98 Å². The minimum Gasteiger partial charge on any atom is -0.497 e. The molecule has 152 valence electrons. The fourth-order valence-corrected chi connectivity index (χ4v) is 4.45. The zero-order chi connectivity index (χ0) is 20.4. The van der Waals surface area contributed by atoms with Crippen molar-refractivity contribution in [3.63, 3.8) is 0 Å². The van der Waals surface area contributed by atoms with E-state index in [1.54, 1.807) is 7.11 Å². The van der Waals surface area contributed by atoms with Gasteiger partial charge < -0.3 is 19.0 Å². The maximum atomic E-state index is 12.8. The maximum Gasteiger partial charge on any atom is 0.228 e. The van der Waals surface area contributed by atoms with E-state index >= 15 is 0 Å². The quantitative estimate of drug-likeness (QED) is 0.635. The van der Waals surface area contributed by atoms with Crippen molar-refractivity contribution in [2.24, 2.45) is 0 Å². The highest BCUT2D eigenvalue weighted by atomic mass is 32.1. The monoisotopic (exact) mass is 411 g/mol. The molecule has 0 saturated carbocycles. The molecule has 1 atom stereocenters. The van der Waals surface area contributed by atoms with Gasteiger partial charge >= 0.3 is 0 Å². The van der Waals surface area contributed by atoms with E-state index in [2.05, 4.69) is 22.9 Å². The number of furan rings is 1. The predicted molar refractivity (Wildman–Crippen MR) is 115 cm³/mol. The van der Waals surface area contributed by atoms with E-state index in [0.717, 1.165) is 40.2 Å². The van der Waals surface area contributed by atoms with Crippen LogP contribution in [0.2, 0.25) is 0 Å². The van der Waals surface area contributed by atoms with Crippen LogP contribution in [-0.4, -0.2) is 48.6 Å². The summed E-state index contributed by atoms with van der Waals surface area (Å²) in [7, 11) is 1.68. The van der Waals surface area contributed by atoms with Gasteiger partial charge in [-0.2, -0.15) is 0 Å². The van der Waals surface area contributed by atoms with Gasteiger partial charge in [0.15, 0.2) is 10.8 Å². The third kappa shape index (κ3) is 4.29. The molecule has 1 amide bonds. The molecule has 4 rings (SSSR count). The highest BCUT2D eigenvalue weighted by Crippen LogP contribution is 2.27. The number of piperazine rings is 1. The summed E-state index contributed by atoms with van der Waals surface area (Å²) >= 11 is 1.51. The first-order chi connectivity index (χ1) is 14.0. The number of amides is 1. The van der Waals surface area contributed by atoms with Crippen LogP contribution < -0.4 is 9.64 Å². The summed E-state index contributed by atoms with van der Waals surface area (Å²) in [5.41, 5.74) is 1.92. The third-order valence-corrected chi connectivity index (χ3v) is 6.11. The summed E-state index contributed by atoms with van der Waals surface area (Å²) in [5.74, 6) is 2.58. The lowest BCUT2D eigenvalue weighted by Gasteiger charge is -2.41. The fourth-order valence-electron chi connectivity index (χ4n) is 3.67. The van der Waals surface area contributed by atoms with Crippen molar-refractivity contribution in [3.8, 4) is 16.5 Å². The van der Waals surface area contributed by atoms with Crippen molar-refractivity contribution >= 4 is 22.9 Å². The van der Waals surface area contributed by atoms with E-state index in [1.807, 2.05) is 47.5 Å². The van der Waals surface area contributed by atoms with Crippen molar-refractivity contribution in [1.82, 2.24) is 9.88 Å². The minimum atomic E-state index is 0.120. The molecular formula is C22H25N3O3S. The number of ether oxygens (including phenoxy) is 1. The molecule has 1 aliphatic heterocycles. The van der Waals surface area contributed by atoms with E-state index in [4.69, 9.17) is 9.15 Å². The average Bonchev–Trinajstić information content (AvgIpc) is 3.36. The molecule has 0 bridgehead atoms. The topological polar surface area (TPSA) is 58.8 Å². The second-order valence-corrected chi connectivity index (χ2v) is 8.17. The van der Waals surface area contributed by atoms with Crippen LogP contribution >= 0.6 is 11.3 Å². The molecule has 0 unspecified atom stereocenters. The standard InChI is InChI=1S/C22H25N3O3S/c1-15-13-24(9-10-25(15)18-5-4-6-19(12-18)27-3)21(26)11-17-14-29-22(23-17)20-8-7-16(2)28-20/h4-8,12,14-15H,9-11,13H2,1-3H3/t15-/m1/s1. The van der Waals surface area contributed by atoms with Crippen LogP contribution in [0.15, 0.2) is 46.2 Å². The number of carbonyl (C=O) groups excluding carboxylic acids is 1. The van der Waals surface area contributed by atoms with Gasteiger partial charge in [-0.3, -0.25) is 4.79 Å². The van der Waals surface area contributed by atoms with Crippen LogP contribution in [0, 0.1) is 6.92 Å². The Morgan fingerprint density at radius 1 is 1.31 bits per heavy atom. The second kappa shape index (κ2) is 8.29. The Morgan fingerprint density at radius 2 is 2.17 bits per heavy atom. The highest BCUT2D eigenvalue weighted by Gasteiger charge is 2.27. The van der Waals surface area contributed by atoms with E-state index in [-0.39, 0.29) is 11.9 Å². The number of nitrogens with zero attached hydrogens (tertiary/aromatic N) is 3. The highest BCUT2D eigenvalue weighted by molar-refractivity contribution is 7.13. The first-order valence-electron chi connectivity index (χ1n) is 9.73. The number of rotatable bonds is 5. The smallest absolute Gasteiger partial charge is 0.228 e. The molecule has 7 heteroatoms. The molecule has 3 aromatic rings. The van der Waals surface area contributed by atoms with Crippen LogP contribution in [-0.2, 0) is 11.2 Å². The van der Waals surface area contributed by atoms with Gasteiger partial charge in [0.25, 0.3) is 0 Å². The zero-order valence-electron chi connectivity index (χ0n) is 16.9. The number of hydrogen-bond acceptors (Lipinski definition) is 6. The first-order valence-corrected chi connectivity index (χ1v) is 10.6. The molecule has 1 aliphatic rings. The summed E-state index contributed by atoms with van der Waals surface area (Å²) in [4.78, 5) is 21.7. The van der Waals surface area contributed by atoms with Gasteiger partial charge in [0.05, 0.1) is 19.2 Å². The van der Waals surface area contributed by atoms with Crippen LogP contribution in [0.1, 0.15) is 18.4 Å². The van der Waals surface area contributed by atoms with E-state index in [9.17, 15) is 4.79 Å². The Labute approximate surface area is 174 Å². The molecule has 0 spiro atoms. The normalized spacial score (nSPS) is 16.9. The number of benzene rings is 1. The Kier molecular flexibility index (Phi) is 5.58. The molecule has 6 nitrogen and oxygen atoms in total. The van der Waals surface area contributed by atoms with Gasteiger partial charge in [-0.1, -0.05) is 6.07 Å². The van der Waals surface area contributed by atoms with Gasteiger partial charge in [-0.15, -0.1) is 11.3 Å². The largest absolute Gasteiger partial charge is 0.497 e. The van der Waals surface area contributed by atoms with E-state index < -0.39 is 0 Å². The summed E-state index contributed by atoms with van der Waals surface area (Å²) in [6, 6.07) is 12.1. The number of anilines is 1. The molecule has 0 radical (unpaired) electrons. The second-order valence-electron chi connectivity index (χ2n) is 7.31. The third-order valence-electron chi connectivity index (χ3n) is 5.20. The average molecular weight is 412 g/mol. The summed E-state index contributed by atoms with van der Waals surface area (Å²) in [6.45, 7) is 6.26. The van der Waals surface area contributed by atoms with Gasteiger partial charge in [-0.05, 0) is 38.1 Å². The molecule has 0 aliphatic carbocycles. The number of methoxy groups -OCH3 is 1. The van der Waals surface area contributed by atoms with Crippen LogP contribution in [0.25, 0.3) is 10.8 Å². The lowest BCUT2D eigenvalue weighted by atomic mass is 10.1. The Hall–Kier alpha value is -2.80. The summed E-state index contributed by atoms with van der Waals surface area (Å²) < 4.78 is 11.0. The Balaban J connectivity index is 1.38. The van der Waals surface area contributed by atoms with Crippen molar-refractivity contribution in [3.05, 3.63) is 53.2 Å². The lowest BCUT2D eigenvalue weighted by Crippen LogP contribution is -2.54. The molecular weight excluding hydrogens is 386 g/mol. The number of hydrogen-bond donors (Lipinski definition) is 0. The van der Waals surface area contributed by atoms with Crippen molar-refractivity contribution < 1.29 is 13.9 Å². The number of aromatic nitrogens is 1. The van der Waals surface area contributed by atoms with Crippen LogP contribution in [0.3, 0.4) is 0 Å². The van der Waals surface area contributed by atoms with Gasteiger partial charge in [0.1, 0.15) is 11.5 Å². The molecule has 0 N–H and O–H groups in total. The molecule has 1 aromatic carbocycles. The summed E-state index contributed by atoms with van der Waals surface area (Å²) in [6.07, 6.45) is 0.321. The van der Waals surface area contributed by atoms with Crippen LogP contribution in [0.5, 0.6) is 5.75 Å². The Bertz CT molecular complexity index is 997. The van der Waals surface area contributed by atoms with Gasteiger partial charge in [0, 0.05) is 42.8 Å². The molecule has 1 saturated heterocycles. The van der Waals surface area contributed by atoms with Crippen molar-refractivity contribution in [1.29, 1.82) is 0 Å². The lowest BCUT2D eigenvalue weighted by molar-refractivity contribution is -0.131. The minimum absolute atomic E-state index is 0.120. The molecule has 1 fully saturated rings. The SMILES string of the molecule is COc1cccc(N2CCN(C(=O)Cc3csc(-c4ccc(C)o4)n3)C[C@H]2C)c1. The van der Waals surface area contributed by atoms with Gasteiger partial charge in [0.2, 0.25) is 5.91 Å². The molecule has 3 heterocycles. The van der Waals surface area contributed by atoms with E-state index in [0.29, 0.717) is 19.5 Å². The molecule has 29 heavy (non-hydrogen) atoms. The number of aryl methyl sites for hydroxylation is 1. The summed E-state index contributed by atoms with van der Waals surface area (Å²) in [5, 5.41) is 2.76. The van der Waals surface area contributed by atoms with E-state index in [1.165, 1.54) is 11.3 Å². The van der Waals surface area contributed by atoms with Crippen molar-refractivity contribution in [2.45, 2.75) is 26.3 Å². The first kappa shape index (κ1) is 19.5. The maximum absolute atomic E-state index is 12.8.